The van der Waals surface area contributed by atoms with Crippen molar-refractivity contribution in [3.05, 3.63) is 23.9 Å². The molecule has 1 N–H and O–H groups in total. The van der Waals surface area contributed by atoms with Gasteiger partial charge in [0.25, 0.3) is 0 Å². The van der Waals surface area contributed by atoms with Gasteiger partial charge in [-0.1, -0.05) is 20.8 Å². The van der Waals surface area contributed by atoms with E-state index in [9.17, 15) is 0 Å². The van der Waals surface area contributed by atoms with Crippen LogP contribution < -0.4 is 4.74 Å². The number of hydrogen-bond acceptors (Lipinski definition) is 4. The minimum Gasteiger partial charge on any atom is -0.476 e. The molecule has 1 fully saturated rings. The molecule has 1 saturated heterocycles. The molecule has 2 aromatic rings. The summed E-state index contributed by atoms with van der Waals surface area (Å²) in [6, 6.07) is 4.23. The number of ether oxygens (including phenoxy) is 2. The van der Waals surface area contributed by atoms with Crippen LogP contribution in [0.3, 0.4) is 0 Å². The van der Waals surface area contributed by atoms with Crippen molar-refractivity contribution in [1.29, 1.82) is 0 Å². The minimum absolute atomic E-state index is 0.00670. The monoisotopic (exact) mass is 303 g/mol. The molecule has 0 unspecified atom stereocenters. The predicted molar refractivity (Wildman–Crippen MR) is 87.5 cm³/mol. The van der Waals surface area contributed by atoms with Crippen LogP contribution in [0, 0.1) is 0 Å². The van der Waals surface area contributed by atoms with Crippen molar-refractivity contribution < 1.29 is 9.47 Å². The Morgan fingerprint density at radius 3 is 2.82 bits per heavy atom. The normalized spacial score (nSPS) is 17.0. The fraction of sp³-hybridized carbons (Fsp3) is 0.588. The summed E-state index contributed by atoms with van der Waals surface area (Å²) in [5.74, 6) is 0.746. The first-order valence-electron chi connectivity index (χ1n) is 7.95. The largest absolute Gasteiger partial charge is 0.476 e. The Balaban J connectivity index is 1.73. The number of nitrogens with one attached hydrogen (secondary N) is 1. The lowest BCUT2D eigenvalue weighted by atomic mass is 9.87. The molecule has 0 bridgehead atoms. The maximum absolute atomic E-state index is 6.03. The third-order valence-corrected chi connectivity index (χ3v) is 4.06. The number of rotatable bonds is 4. The van der Waals surface area contributed by atoms with E-state index in [4.69, 9.17) is 9.47 Å². The van der Waals surface area contributed by atoms with Crippen molar-refractivity contribution in [2.75, 3.05) is 39.5 Å². The maximum atomic E-state index is 6.03. The molecule has 0 atom stereocenters. The summed E-state index contributed by atoms with van der Waals surface area (Å²) in [7, 11) is 0. The zero-order valence-corrected chi connectivity index (χ0v) is 13.7. The average molecular weight is 303 g/mol. The molecular formula is C17H25N3O2. The second-order valence-electron chi connectivity index (χ2n) is 6.81. The number of morpholine rings is 1. The molecule has 0 saturated carbocycles. The van der Waals surface area contributed by atoms with E-state index in [1.54, 1.807) is 0 Å². The number of nitrogens with zero attached hydrogens (tertiary/aromatic N) is 2. The first-order valence-corrected chi connectivity index (χ1v) is 7.95. The average Bonchev–Trinajstić information content (AvgIpc) is 2.94. The topological polar surface area (TPSA) is 50.4 Å². The van der Waals surface area contributed by atoms with Gasteiger partial charge in [0.05, 0.1) is 13.2 Å². The van der Waals surface area contributed by atoms with Crippen LogP contribution in [-0.2, 0) is 10.2 Å². The number of H-pyrrole nitrogens is 1. The van der Waals surface area contributed by atoms with Crippen LogP contribution in [0.4, 0.5) is 0 Å². The van der Waals surface area contributed by atoms with Gasteiger partial charge in [0.15, 0.2) is 0 Å². The first kappa shape index (κ1) is 15.3. The van der Waals surface area contributed by atoms with Crippen molar-refractivity contribution in [2.24, 2.45) is 0 Å². The summed E-state index contributed by atoms with van der Waals surface area (Å²) < 4.78 is 11.4. The van der Waals surface area contributed by atoms with Crippen LogP contribution in [-0.4, -0.2) is 54.3 Å². The molecule has 0 amide bonds. The van der Waals surface area contributed by atoms with Gasteiger partial charge in [-0.3, -0.25) is 4.90 Å². The van der Waals surface area contributed by atoms with Crippen molar-refractivity contribution in [3.63, 3.8) is 0 Å². The molecule has 0 aliphatic carbocycles. The van der Waals surface area contributed by atoms with Gasteiger partial charge in [0.2, 0.25) is 5.88 Å². The molecule has 22 heavy (non-hydrogen) atoms. The third kappa shape index (κ3) is 3.42. The van der Waals surface area contributed by atoms with Gasteiger partial charge < -0.3 is 14.5 Å². The highest BCUT2D eigenvalue weighted by molar-refractivity contribution is 5.77. The van der Waals surface area contributed by atoms with E-state index in [-0.39, 0.29) is 5.41 Å². The zero-order valence-electron chi connectivity index (χ0n) is 13.7. The molecule has 0 spiro atoms. The van der Waals surface area contributed by atoms with E-state index in [0.29, 0.717) is 6.61 Å². The van der Waals surface area contributed by atoms with Crippen molar-refractivity contribution in [3.8, 4) is 5.88 Å². The van der Waals surface area contributed by atoms with Crippen LogP contribution in [0.5, 0.6) is 5.88 Å². The van der Waals surface area contributed by atoms with Crippen molar-refractivity contribution >= 4 is 11.0 Å². The van der Waals surface area contributed by atoms with Crippen LogP contribution in [0.25, 0.3) is 11.0 Å². The number of hydrogen-bond donors (Lipinski definition) is 1. The SMILES string of the molecule is CC(C)(C)c1cc2cc[nH]c2nc1OCCN1CCOCC1. The smallest absolute Gasteiger partial charge is 0.219 e. The van der Waals surface area contributed by atoms with Gasteiger partial charge in [-0.2, -0.15) is 4.98 Å². The number of aromatic nitrogens is 2. The molecule has 0 radical (unpaired) electrons. The van der Waals surface area contributed by atoms with Crippen LogP contribution in [0.15, 0.2) is 18.3 Å². The Morgan fingerprint density at radius 1 is 1.32 bits per heavy atom. The van der Waals surface area contributed by atoms with Gasteiger partial charge in [-0.15, -0.1) is 0 Å². The fourth-order valence-corrected chi connectivity index (χ4v) is 2.71. The summed E-state index contributed by atoms with van der Waals surface area (Å²) >= 11 is 0. The molecule has 120 valence electrons. The lowest BCUT2D eigenvalue weighted by molar-refractivity contribution is 0.0319. The van der Waals surface area contributed by atoms with Gasteiger partial charge in [-0.25, -0.2) is 0 Å². The molecular weight excluding hydrogens is 278 g/mol. The number of pyridine rings is 1. The van der Waals surface area contributed by atoms with E-state index in [1.165, 1.54) is 0 Å². The Kier molecular flexibility index (Phi) is 4.36. The Morgan fingerprint density at radius 2 is 2.09 bits per heavy atom. The van der Waals surface area contributed by atoms with E-state index >= 15 is 0 Å². The van der Waals surface area contributed by atoms with Crippen LogP contribution in [0.1, 0.15) is 26.3 Å². The van der Waals surface area contributed by atoms with E-state index in [1.807, 2.05) is 6.20 Å². The summed E-state index contributed by atoms with van der Waals surface area (Å²) in [5.41, 5.74) is 2.04. The molecule has 3 heterocycles. The van der Waals surface area contributed by atoms with E-state index in [0.717, 1.165) is 55.3 Å². The minimum atomic E-state index is 0.00670. The predicted octanol–water partition coefficient (Wildman–Crippen LogP) is 2.57. The van der Waals surface area contributed by atoms with Gasteiger partial charge in [-0.05, 0) is 17.5 Å². The zero-order chi connectivity index (χ0) is 15.6. The molecule has 3 rings (SSSR count). The van der Waals surface area contributed by atoms with Crippen molar-refractivity contribution in [2.45, 2.75) is 26.2 Å². The molecule has 1 aliphatic rings. The summed E-state index contributed by atoms with van der Waals surface area (Å²) in [5, 5.41) is 1.13. The van der Waals surface area contributed by atoms with E-state index < -0.39 is 0 Å². The van der Waals surface area contributed by atoms with Crippen LogP contribution in [0.2, 0.25) is 0 Å². The lowest BCUT2D eigenvalue weighted by Gasteiger charge is -2.27. The number of aromatic amines is 1. The van der Waals surface area contributed by atoms with Crippen LogP contribution >= 0.6 is 0 Å². The van der Waals surface area contributed by atoms with Gasteiger partial charge >= 0.3 is 0 Å². The third-order valence-electron chi connectivity index (χ3n) is 4.06. The summed E-state index contributed by atoms with van der Waals surface area (Å²) in [6.45, 7) is 11.8. The molecule has 5 nitrogen and oxygen atoms in total. The maximum Gasteiger partial charge on any atom is 0.219 e. The summed E-state index contributed by atoms with van der Waals surface area (Å²) in [4.78, 5) is 10.2. The van der Waals surface area contributed by atoms with Crippen molar-refractivity contribution in [1.82, 2.24) is 14.9 Å². The number of fused-ring (bicyclic) bond motifs is 1. The first-order chi connectivity index (χ1) is 10.5. The highest BCUT2D eigenvalue weighted by atomic mass is 16.5. The second kappa shape index (κ2) is 6.26. The van der Waals surface area contributed by atoms with Gasteiger partial charge in [0.1, 0.15) is 12.3 Å². The van der Waals surface area contributed by atoms with Gasteiger partial charge in [0, 0.05) is 36.8 Å². The fourth-order valence-electron chi connectivity index (χ4n) is 2.71. The standard InChI is InChI=1S/C17H25N3O2/c1-17(2,3)14-12-13-4-5-18-15(13)19-16(14)22-11-8-20-6-9-21-10-7-20/h4-5,12H,6-11H2,1-3H3,(H,18,19). The Hall–Kier alpha value is -1.59. The molecule has 2 aromatic heterocycles. The Bertz CT molecular complexity index is 624. The lowest BCUT2D eigenvalue weighted by Crippen LogP contribution is -2.38. The highest BCUT2D eigenvalue weighted by Crippen LogP contribution is 2.32. The molecule has 1 aliphatic heterocycles. The highest BCUT2D eigenvalue weighted by Gasteiger charge is 2.22. The molecule has 5 heteroatoms. The second-order valence-corrected chi connectivity index (χ2v) is 6.81. The quantitative estimate of drug-likeness (QED) is 0.943. The summed E-state index contributed by atoms with van der Waals surface area (Å²) in [6.07, 6.45) is 1.92. The Labute approximate surface area is 131 Å². The molecule has 0 aromatic carbocycles. The van der Waals surface area contributed by atoms with E-state index in [2.05, 4.69) is 47.8 Å².